The first kappa shape index (κ1) is 18.5. The van der Waals surface area contributed by atoms with Gasteiger partial charge in [0.25, 0.3) is 0 Å². The van der Waals surface area contributed by atoms with Crippen molar-refractivity contribution in [2.24, 2.45) is 0 Å². The molecule has 2 rings (SSSR count). The lowest BCUT2D eigenvalue weighted by atomic mass is 10.3. The van der Waals surface area contributed by atoms with E-state index >= 15 is 0 Å². The number of phosphoric acid groups is 2. The van der Waals surface area contributed by atoms with Crippen molar-refractivity contribution in [2.45, 2.75) is 0 Å². The zero-order chi connectivity index (χ0) is 16.6. The summed E-state index contributed by atoms with van der Waals surface area (Å²) < 4.78 is 22.2. The summed E-state index contributed by atoms with van der Waals surface area (Å²) in [5.74, 6) is 0. The first-order valence-electron chi connectivity index (χ1n) is 5.85. The Morgan fingerprint density at radius 2 is 1.00 bits per heavy atom. The van der Waals surface area contributed by atoms with E-state index in [-0.39, 0.29) is 0 Å². The van der Waals surface area contributed by atoms with Gasteiger partial charge in [0.15, 0.2) is 0 Å². The lowest BCUT2D eigenvalue weighted by molar-refractivity contribution is 0.225. The molecule has 0 aromatic heterocycles. The van der Waals surface area contributed by atoms with Gasteiger partial charge in [-0.3, -0.25) is 0 Å². The van der Waals surface area contributed by atoms with Crippen molar-refractivity contribution in [1.82, 2.24) is 0 Å². The Balaban J connectivity index is 0.000000239. The molecule has 0 atom stereocenters. The number of rotatable bonds is 4. The SMILES string of the molecule is O=P(O)(O)OP(=O)(O)O.c1ccc(Nc2ccccc2)cc1. The van der Waals surface area contributed by atoms with Crippen LogP contribution >= 0.6 is 15.6 Å². The molecule has 22 heavy (non-hydrogen) atoms. The van der Waals surface area contributed by atoms with Gasteiger partial charge in [-0.15, -0.1) is 0 Å². The van der Waals surface area contributed by atoms with Crippen LogP contribution in [0.5, 0.6) is 0 Å². The normalized spacial score (nSPS) is 11.3. The summed E-state index contributed by atoms with van der Waals surface area (Å²) in [6.45, 7) is 0. The van der Waals surface area contributed by atoms with E-state index in [1.165, 1.54) is 0 Å². The minimum atomic E-state index is -5.05. The van der Waals surface area contributed by atoms with Crippen LogP contribution in [-0.4, -0.2) is 19.6 Å². The molecular formula is C12H15NO7P2. The number of nitrogens with one attached hydrogen (secondary N) is 1. The molecule has 0 saturated heterocycles. The summed E-state index contributed by atoms with van der Waals surface area (Å²) in [5.41, 5.74) is 2.24. The maximum absolute atomic E-state index is 9.63. The molecule has 10 heteroatoms. The molecule has 0 amide bonds. The fraction of sp³-hybridized carbons (Fsp3) is 0. The quantitative estimate of drug-likeness (QED) is 0.533. The third kappa shape index (κ3) is 9.44. The average molecular weight is 347 g/mol. The third-order valence-corrected chi connectivity index (χ3v) is 3.75. The third-order valence-electron chi connectivity index (χ3n) is 2.05. The van der Waals surface area contributed by atoms with Crippen LogP contribution < -0.4 is 5.32 Å². The minimum Gasteiger partial charge on any atom is -0.356 e. The first-order chi connectivity index (χ1) is 10.2. The molecule has 0 bridgehead atoms. The van der Waals surface area contributed by atoms with Crippen molar-refractivity contribution in [2.75, 3.05) is 5.32 Å². The molecule has 2 aromatic carbocycles. The summed E-state index contributed by atoms with van der Waals surface area (Å²) in [7, 11) is -10.1. The van der Waals surface area contributed by atoms with Gasteiger partial charge in [0.2, 0.25) is 0 Å². The fourth-order valence-corrected chi connectivity index (χ4v) is 2.46. The van der Waals surface area contributed by atoms with Crippen LogP contribution in [0, 0.1) is 0 Å². The van der Waals surface area contributed by atoms with E-state index in [0.29, 0.717) is 0 Å². The highest BCUT2D eigenvalue weighted by atomic mass is 31.3. The van der Waals surface area contributed by atoms with Crippen LogP contribution in [0.25, 0.3) is 0 Å². The predicted molar refractivity (Wildman–Crippen MR) is 81.3 cm³/mol. The number of para-hydroxylation sites is 2. The molecule has 0 fully saturated rings. The van der Waals surface area contributed by atoms with Crippen LogP contribution in [-0.2, 0) is 13.4 Å². The van der Waals surface area contributed by atoms with Crippen molar-refractivity contribution in [1.29, 1.82) is 0 Å². The van der Waals surface area contributed by atoms with Gasteiger partial charge in [-0.25, -0.2) is 9.13 Å². The maximum Gasteiger partial charge on any atom is 0.478 e. The Kier molecular flexibility index (Phi) is 6.93. The van der Waals surface area contributed by atoms with E-state index in [2.05, 4.69) is 9.63 Å². The fourth-order valence-electron chi connectivity index (χ4n) is 1.35. The summed E-state index contributed by atoms with van der Waals surface area (Å²) in [4.78, 5) is 31.0. The number of hydrogen-bond donors (Lipinski definition) is 5. The molecule has 0 aliphatic heterocycles. The zero-order valence-corrected chi connectivity index (χ0v) is 13.0. The van der Waals surface area contributed by atoms with Crippen LogP contribution in [0.2, 0.25) is 0 Å². The van der Waals surface area contributed by atoms with Crippen molar-refractivity contribution in [3.63, 3.8) is 0 Å². The second-order valence-corrected chi connectivity index (χ2v) is 6.54. The topological polar surface area (TPSA) is 136 Å². The van der Waals surface area contributed by atoms with Crippen LogP contribution in [0.1, 0.15) is 0 Å². The van der Waals surface area contributed by atoms with Gasteiger partial charge in [0.05, 0.1) is 0 Å². The number of benzene rings is 2. The van der Waals surface area contributed by atoms with E-state index in [9.17, 15) is 9.13 Å². The van der Waals surface area contributed by atoms with Crippen LogP contribution in [0.15, 0.2) is 60.7 Å². The van der Waals surface area contributed by atoms with Gasteiger partial charge in [-0.2, -0.15) is 4.31 Å². The first-order valence-corrected chi connectivity index (χ1v) is 8.91. The average Bonchev–Trinajstić information content (AvgIpc) is 2.37. The molecule has 0 radical (unpaired) electrons. The smallest absolute Gasteiger partial charge is 0.356 e. The van der Waals surface area contributed by atoms with Gasteiger partial charge < -0.3 is 24.9 Å². The molecule has 2 aromatic rings. The summed E-state index contributed by atoms with van der Waals surface area (Å²) in [6.07, 6.45) is 0. The molecule has 5 N–H and O–H groups in total. The molecule has 0 aliphatic rings. The Morgan fingerprint density at radius 1 is 0.682 bits per heavy atom. The summed E-state index contributed by atoms with van der Waals surface area (Å²) >= 11 is 0. The second kappa shape index (κ2) is 8.22. The summed E-state index contributed by atoms with van der Waals surface area (Å²) in [5, 5.41) is 3.30. The van der Waals surface area contributed by atoms with Crippen molar-refractivity contribution in [3.8, 4) is 0 Å². The van der Waals surface area contributed by atoms with E-state index in [1.807, 2.05) is 60.7 Å². The molecule has 8 nitrogen and oxygen atoms in total. The van der Waals surface area contributed by atoms with Crippen molar-refractivity contribution < 1.29 is 33.0 Å². The monoisotopic (exact) mass is 347 g/mol. The van der Waals surface area contributed by atoms with E-state index in [0.717, 1.165) is 11.4 Å². The molecular weight excluding hydrogens is 332 g/mol. The molecule has 120 valence electrons. The van der Waals surface area contributed by atoms with Crippen molar-refractivity contribution >= 4 is 27.0 Å². The minimum absolute atomic E-state index is 1.12. The van der Waals surface area contributed by atoms with E-state index < -0.39 is 15.6 Å². The molecule has 0 spiro atoms. The molecule has 0 unspecified atom stereocenters. The van der Waals surface area contributed by atoms with Gasteiger partial charge in [-0.05, 0) is 24.3 Å². The maximum atomic E-state index is 9.63. The van der Waals surface area contributed by atoms with Gasteiger partial charge in [-0.1, -0.05) is 36.4 Å². The van der Waals surface area contributed by atoms with Crippen molar-refractivity contribution in [3.05, 3.63) is 60.7 Å². The number of hydrogen-bond acceptors (Lipinski definition) is 4. The predicted octanol–water partition coefficient (Wildman–Crippen LogP) is 2.62. The van der Waals surface area contributed by atoms with E-state index in [4.69, 9.17) is 19.6 Å². The van der Waals surface area contributed by atoms with Gasteiger partial charge in [0, 0.05) is 11.4 Å². The van der Waals surface area contributed by atoms with Gasteiger partial charge in [0.1, 0.15) is 0 Å². The Hall–Kier alpha value is -1.50. The Morgan fingerprint density at radius 3 is 1.23 bits per heavy atom. The Labute approximate surface area is 126 Å². The molecule has 0 heterocycles. The van der Waals surface area contributed by atoms with E-state index in [1.54, 1.807) is 0 Å². The highest BCUT2D eigenvalue weighted by Gasteiger charge is 2.27. The Bertz CT molecular complexity index is 596. The van der Waals surface area contributed by atoms with Crippen LogP contribution in [0.3, 0.4) is 0 Å². The highest BCUT2D eigenvalue weighted by molar-refractivity contribution is 7.60. The lowest BCUT2D eigenvalue weighted by Gasteiger charge is -2.04. The zero-order valence-electron chi connectivity index (χ0n) is 11.2. The molecule has 0 saturated carbocycles. The standard InChI is InChI=1S/C12H11N.H4O7P2/c1-3-7-11(8-4-1)13-12-9-5-2-6-10-12;1-8(2,3)7-9(4,5)6/h1-10,13H;(H2,1,2,3)(H2,4,5,6). The number of anilines is 2. The molecule has 0 aliphatic carbocycles. The largest absolute Gasteiger partial charge is 0.478 e. The van der Waals surface area contributed by atoms with Crippen LogP contribution in [0.4, 0.5) is 11.4 Å². The summed E-state index contributed by atoms with van der Waals surface area (Å²) in [6, 6.07) is 20.3. The van der Waals surface area contributed by atoms with Gasteiger partial charge >= 0.3 is 15.6 Å². The highest BCUT2D eigenvalue weighted by Crippen LogP contribution is 2.53. The lowest BCUT2D eigenvalue weighted by Crippen LogP contribution is -1.87. The second-order valence-electron chi connectivity index (χ2n) is 3.92.